The molecule has 0 saturated heterocycles. The normalized spacial score (nSPS) is 57.7. The fourth-order valence-corrected chi connectivity index (χ4v) is 4.71. The molecule has 0 aromatic carbocycles. The van der Waals surface area contributed by atoms with Crippen LogP contribution in [0.3, 0.4) is 0 Å². The molecule has 13 heavy (non-hydrogen) atoms. The second kappa shape index (κ2) is 2.29. The summed E-state index contributed by atoms with van der Waals surface area (Å²) < 4.78 is 0. The first-order valence-corrected chi connectivity index (χ1v) is 5.51. The van der Waals surface area contributed by atoms with Gasteiger partial charge in [-0.3, -0.25) is 0 Å². The standard InChI is InChI=1S/C11H18O2/c12-6-10-3-4-11(10,7-13)9-2-1-8(10)5-9/h8-9,12-13H,1-7H2/t8-,9-,10-,11+/m0/s1. The van der Waals surface area contributed by atoms with Gasteiger partial charge in [-0.05, 0) is 43.9 Å². The number of aliphatic hydroxyl groups is 2. The van der Waals surface area contributed by atoms with Gasteiger partial charge in [-0.1, -0.05) is 0 Å². The summed E-state index contributed by atoms with van der Waals surface area (Å²) >= 11 is 0. The Morgan fingerprint density at radius 3 is 1.69 bits per heavy atom. The minimum absolute atomic E-state index is 0.144. The minimum atomic E-state index is 0.144. The van der Waals surface area contributed by atoms with E-state index in [2.05, 4.69) is 0 Å². The lowest BCUT2D eigenvalue weighted by Crippen LogP contribution is -2.59. The van der Waals surface area contributed by atoms with Crippen LogP contribution in [0.15, 0.2) is 0 Å². The van der Waals surface area contributed by atoms with Crippen LogP contribution in [0.5, 0.6) is 0 Å². The van der Waals surface area contributed by atoms with Gasteiger partial charge < -0.3 is 10.2 Å². The van der Waals surface area contributed by atoms with Crippen LogP contribution in [0.1, 0.15) is 32.1 Å². The second-order valence-corrected chi connectivity index (χ2v) is 5.34. The number of rotatable bonds is 2. The van der Waals surface area contributed by atoms with Gasteiger partial charge in [0.1, 0.15) is 0 Å². The zero-order valence-electron chi connectivity index (χ0n) is 8.00. The molecule has 3 fully saturated rings. The predicted molar refractivity (Wildman–Crippen MR) is 49.1 cm³/mol. The van der Waals surface area contributed by atoms with E-state index in [0.29, 0.717) is 13.2 Å². The second-order valence-electron chi connectivity index (χ2n) is 5.34. The summed E-state index contributed by atoms with van der Waals surface area (Å²) in [4.78, 5) is 0. The topological polar surface area (TPSA) is 40.5 Å². The van der Waals surface area contributed by atoms with Crippen molar-refractivity contribution < 1.29 is 10.2 Å². The number of hydrogen-bond donors (Lipinski definition) is 2. The van der Waals surface area contributed by atoms with Gasteiger partial charge >= 0.3 is 0 Å². The highest BCUT2D eigenvalue weighted by Gasteiger charge is 2.71. The smallest absolute Gasteiger partial charge is 0.0496 e. The van der Waals surface area contributed by atoms with Crippen LogP contribution < -0.4 is 0 Å². The van der Waals surface area contributed by atoms with Gasteiger partial charge in [-0.25, -0.2) is 0 Å². The summed E-state index contributed by atoms with van der Waals surface area (Å²) in [7, 11) is 0. The Kier molecular flexibility index (Phi) is 1.45. The van der Waals surface area contributed by atoms with Crippen LogP contribution in [0, 0.1) is 22.7 Å². The van der Waals surface area contributed by atoms with Crippen molar-refractivity contribution in [3.8, 4) is 0 Å². The zero-order valence-corrected chi connectivity index (χ0v) is 8.00. The average Bonchev–Trinajstić information content (AvgIpc) is 2.61. The van der Waals surface area contributed by atoms with Crippen LogP contribution in [0.2, 0.25) is 0 Å². The van der Waals surface area contributed by atoms with E-state index in [1.54, 1.807) is 0 Å². The van der Waals surface area contributed by atoms with E-state index in [1.165, 1.54) is 19.3 Å². The molecule has 0 radical (unpaired) electrons. The summed E-state index contributed by atoms with van der Waals surface area (Å²) in [6.45, 7) is 0.628. The molecule has 3 aliphatic carbocycles. The molecule has 2 nitrogen and oxygen atoms in total. The van der Waals surface area contributed by atoms with Gasteiger partial charge in [0.25, 0.3) is 0 Å². The first-order valence-electron chi connectivity index (χ1n) is 5.51. The van der Waals surface area contributed by atoms with Crippen LogP contribution in [-0.4, -0.2) is 23.4 Å². The molecular weight excluding hydrogens is 164 g/mol. The van der Waals surface area contributed by atoms with E-state index in [1.807, 2.05) is 0 Å². The van der Waals surface area contributed by atoms with Crippen LogP contribution in [-0.2, 0) is 0 Å². The van der Waals surface area contributed by atoms with E-state index >= 15 is 0 Å². The molecule has 2 bridgehead atoms. The summed E-state index contributed by atoms with van der Waals surface area (Å²) in [5.41, 5.74) is 0.287. The molecule has 0 unspecified atom stereocenters. The van der Waals surface area contributed by atoms with E-state index in [4.69, 9.17) is 0 Å². The lowest BCUT2D eigenvalue weighted by Gasteiger charge is -2.61. The third kappa shape index (κ3) is 0.637. The Bertz CT molecular complexity index is 208. The fraction of sp³-hybridized carbons (Fsp3) is 1.00. The molecule has 0 aliphatic heterocycles. The van der Waals surface area contributed by atoms with Crippen molar-refractivity contribution in [2.45, 2.75) is 32.1 Å². The zero-order chi connectivity index (χ0) is 9.10. The molecule has 2 heteroatoms. The maximum Gasteiger partial charge on any atom is 0.0496 e. The molecule has 0 amide bonds. The monoisotopic (exact) mass is 182 g/mol. The molecular formula is C11H18O2. The van der Waals surface area contributed by atoms with Gasteiger partial charge in [0.05, 0.1) is 0 Å². The Labute approximate surface area is 79.0 Å². The predicted octanol–water partition coefficient (Wildman–Crippen LogP) is 1.17. The van der Waals surface area contributed by atoms with Crippen molar-refractivity contribution in [3.05, 3.63) is 0 Å². The average molecular weight is 182 g/mol. The van der Waals surface area contributed by atoms with E-state index in [-0.39, 0.29) is 10.8 Å². The lowest BCUT2D eigenvalue weighted by atomic mass is 9.44. The van der Waals surface area contributed by atoms with Crippen molar-refractivity contribution in [1.29, 1.82) is 0 Å². The number of aliphatic hydroxyl groups excluding tert-OH is 2. The van der Waals surface area contributed by atoms with Crippen molar-refractivity contribution in [1.82, 2.24) is 0 Å². The highest BCUT2D eigenvalue weighted by atomic mass is 16.3. The van der Waals surface area contributed by atoms with Crippen LogP contribution in [0.25, 0.3) is 0 Å². The van der Waals surface area contributed by atoms with Gasteiger partial charge in [0.15, 0.2) is 0 Å². The quantitative estimate of drug-likeness (QED) is 0.673. The van der Waals surface area contributed by atoms with Gasteiger partial charge in [0, 0.05) is 24.0 Å². The minimum Gasteiger partial charge on any atom is -0.396 e. The molecule has 0 spiro atoms. The van der Waals surface area contributed by atoms with Crippen LogP contribution in [0.4, 0.5) is 0 Å². The van der Waals surface area contributed by atoms with Crippen molar-refractivity contribution in [3.63, 3.8) is 0 Å². The summed E-state index contributed by atoms with van der Waals surface area (Å²) in [6.07, 6.45) is 6.19. The molecule has 0 heterocycles. The molecule has 0 aromatic rings. The lowest BCUT2D eigenvalue weighted by molar-refractivity contribution is -0.175. The fourth-order valence-electron chi connectivity index (χ4n) is 4.71. The summed E-state index contributed by atoms with van der Waals surface area (Å²) in [6, 6.07) is 0. The van der Waals surface area contributed by atoms with Gasteiger partial charge in [-0.2, -0.15) is 0 Å². The van der Waals surface area contributed by atoms with E-state index in [9.17, 15) is 10.2 Å². The van der Waals surface area contributed by atoms with Gasteiger partial charge in [-0.15, -0.1) is 0 Å². The molecule has 2 N–H and O–H groups in total. The molecule has 3 aliphatic rings. The van der Waals surface area contributed by atoms with E-state index < -0.39 is 0 Å². The highest BCUT2D eigenvalue weighted by Crippen LogP contribution is 2.75. The molecule has 0 aromatic heterocycles. The maximum absolute atomic E-state index is 9.55. The molecule has 3 saturated carbocycles. The number of fused-ring (bicyclic) bond motifs is 5. The Morgan fingerprint density at radius 1 is 0.923 bits per heavy atom. The van der Waals surface area contributed by atoms with Crippen LogP contribution >= 0.6 is 0 Å². The molecule has 74 valence electrons. The van der Waals surface area contributed by atoms with E-state index in [0.717, 1.165) is 24.7 Å². The highest BCUT2D eigenvalue weighted by molar-refractivity contribution is 5.19. The molecule has 4 atom stereocenters. The largest absolute Gasteiger partial charge is 0.396 e. The first-order chi connectivity index (χ1) is 6.29. The van der Waals surface area contributed by atoms with Crippen molar-refractivity contribution in [2.75, 3.05) is 13.2 Å². The summed E-state index contributed by atoms with van der Waals surface area (Å²) in [5, 5.41) is 19.1. The third-order valence-electron chi connectivity index (χ3n) is 5.57. The molecule has 3 rings (SSSR count). The Hall–Kier alpha value is -0.0800. The van der Waals surface area contributed by atoms with Gasteiger partial charge in [0.2, 0.25) is 0 Å². The SMILES string of the molecule is OC[C@@]12CC[C@]1(CO)[C@H]1CC[C@H]2C1. The summed E-state index contributed by atoms with van der Waals surface area (Å²) in [5.74, 6) is 1.45. The first kappa shape index (κ1) is 8.25. The number of hydrogen-bond acceptors (Lipinski definition) is 2. The third-order valence-corrected chi connectivity index (χ3v) is 5.57. The van der Waals surface area contributed by atoms with Crippen molar-refractivity contribution in [2.24, 2.45) is 22.7 Å². The van der Waals surface area contributed by atoms with Crippen molar-refractivity contribution >= 4 is 0 Å². The Morgan fingerprint density at radius 2 is 1.38 bits per heavy atom. The Balaban J connectivity index is 2.02. The maximum atomic E-state index is 9.55.